The van der Waals surface area contributed by atoms with Crippen LogP contribution in [0.1, 0.15) is 33.7 Å². The fraction of sp³-hybridized carbons (Fsp3) is 0.462. The molecule has 0 aliphatic carbocycles. The highest BCUT2D eigenvalue weighted by Crippen LogP contribution is 2.31. The van der Waals surface area contributed by atoms with E-state index < -0.39 is 0 Å². The van der Waals surface area contributed by atoms with E-state index in [1.807, 2.05) is 12.1 Å². The lowest BCUT2D eigenvalue weighted by molar-refractivity contribution is 0.618. The molecule has 98 valence electrons. The maximum atomic E-state index is 6.09. The Bertz CT molecular complexity index is 573. The lowest BCUT2D eigenvalue weighted by Crippen LogP contribution is -2.15. The van der Waals surface area contributed by atoms with E-state index >= 15 is 0 Å². The van der Waals surface area contributed by atoms with Crippen LogP contribution in [-0.2, 0) is 0 Å². The van der Waals surface area contributed by atoms with Crippen LogP contribution in [-0.4, -0.2) is 15.6 Å². The monoisotopic (exact) mass is 285 g/mol. The normalized spacial score (nSPS) is 11.8. The molecule has 18 heavy (non-hydrogen) atoms. The summed E-state index contributed by atoms with van der Waals surface area (Å²) in [5.74, 6) is 0.855. The van der Waals surface area contributed by atoms with Gasteiger partial charge in [0.05, 0.1) is 21.1 Å². The van der Waals surface area contributed by atoms with Gasteiger partial charge in [-0.1, -0.05) is 23.2 Å². The van der Waals surface area contributed by atoms with E-state index in [4.69, 9.17) is 23.2 Å². The van der Waals surface area contributed by atoms with Crippen LogP contribution in [0.3, 0.4) is 0 Å². The van der Waals surface area contributed by atoms with Crippen LogP contribution in [0.4, 0.5) is 5.95 Å². The lowest BCUT2D eigenvalue weighted by atomic mass is 10.3. The molecule has 0 atom stereocenters. The third kappa shape index (κ3) is 2.43. The van der Waals surface area contributed by atoms with Gasteiger partial charge in [-0.05, 0) is 39.8 Å². The molecule has 1 heterocycles. The maximum absolute atomic E-state index is 6.09. The number of rotatable bonds is 3. The molecular formula is C13H17Cl2N3. The zero-order valence-corrected chi connectivity index (χ0v) is 12.5. The van der Waals surface area contributed by atoms with Crippen molar-refractivity contribution >= 4 is 40.2 Å². The van der Waals surface area contributed by atoms with E-state index in [2.05, 4.69) is 42.6 Å². The van der Waals surface area contributed by atoms with Crippen molar-refractivity contribution in [3.05, 3.63) is 22.2 Å². The first-order valence-corrected chi connectivity index (χ1v) is 6.79. The minimum atomic E-state index is 0.300. The van der Waals surface area contributed by atoms with Crippen LogP contribution in [0, 0.1) is 0 Å². The Morgan fingerprint density at radius 2 is 1.72 bits per heavy atom. The second-order valence-corrected chi connectivity index (χ2v) is 5.77. The predicted molar refractivity (Wildman–Crippen MR) is 78.9 cm³/mol. The Labute approximate surface area is 117 Å². The summed E-state index contributed by atoms with van der Waals surface area (Å²) in [6, 6.07) is 4.31. The van der Waals surface area contributed by atoms with E-state index in [0.29, 0.717) is 22.1 Å². The molecule has 0 unspecified atom stereocenters. The molecule has 1 N–H and O–H groups in total. The lowest BCUT2D eigenvalue weighted by Gasteiger charge is -2.15. The van der Waals surface area contributed by atoms with E-state index in [0.717, 1.165) is 17.0 Å². The Morgan fingerprint density at radius 3 is 2.28 bits per heavy atom. The Hall–Kier alpha value is -0.930. The van der Waals surface area contributed by atoms with Crippen LogP contribution in [0.2, 0.25) is 10.0 Å². The SMILES string of the molecule is CC(C)Nc1nc2cc(Cl)c(Cl)cc2n1C(C)C. The van der Waals surface area contributed by atoms with Crippen molar-refractivity contribution in [3.63, 3.8) is 0 Å². The van der Waals surface area contributed by atoms with E-state index in [1.165, 1.54) is 0 Å². The molecule has 0 bridgehead atoms. The minimum absolute atomic E-state index is 0.300. The first-order chi connectivity index (χ1) is 8.40. The first kappa shape index (κ1) is 13.5. The van der Waals surface area contributed by atoms with Gasteiger partial charge in [0.15, 0.2) is 0 Å². The number of hydrogen-bond donors (Lipinski definition) is 1. The molecule has 0 amide bonds. The molecule has 2 aromatic rings. The van der Waals surface area contributed by atoms with Gasteiger partial charge in [-0.2, -0.15) is 0 Å². The number of nitrogens with one attached hydrogen (secondary N) is 1. The molecule has 5 heteroatoms. The van der Waals surface area contributed by atoms with E-state index in [9.17, 15) is 0 Å². The zero-order valence-electron chi connectivity index (χ0n) is 11.0. The van der Waals surface area contributed by atoms with E-state index in [1.54, 1.807) is 0 Å². The Kier molecular flexibility index (Phi) is 3.74. The molecule has 1 aromatic carbocycles. The summed E-state index contributed by atoms with van der Waals surface area (Å²) in [5.41, 5.74) is 1.86. The highest BCUT2D eigenvalue weighted by molar-refractivity contribution is 6.42. The number of nitrogens with zero attached hydrogens (tertiary/aromatic N) is 2. The van der Waals surface area contributed by atoms with Gasteiger partial charge in [-0.25, -0.2) is 4.98 Å². The summed E-state index contributed by atoms with van der Waals surface area (Å²) >= 11 is 12.1. The van der Waals surface area contributed by atoms with Gasteiger partial charge < -0.3 is 9.88 Å². The third-order valence-corrected chi connectivity index (χ3v) is 3.39. The summed E-state index contributed by atoms with van der Waals surface area (Å²) in [7, 11) is 0. The van der Waals surface area contributed by atoms with Gasteiger partial charge in [-0.3, -0.25) is 0 Å². The van der Waals surface area contributed by atoms with Gasteiger partial charge in [-0.15, -0.1) is 0 Å². The molecule has 1 aromatic heterocycles. The summed E-state index contributed by atoms with van der Waals surface area (Å²) in [6.07, 6.45) is 0. The fourth-order valence-corrected chi connectivity index (χ4v) is 2.29. The van der Waals surface area contributed by atoms with Crippen molar-refractivity contribution < 1.29 is 0 Å². The quantitative estimate of drug-likeness (QED) is 0.882. The third-order valence-electron chi connectivity index (χ3n) is 2.67. The molecule has 0 aliphatic rings. The maximum Gasteiger partial charge on any atom is 0.204 e. The van der Waals surface area contributed by atoms with Gasteiger partial charge in [0.2, 0.25) is 5.95 Å². The number of imidazole rings is 1. The molecule has 0 saturated heterocycles. The Morgan fingerprint density at radius 1 is 1.11 bits per heavy atom. The van der Waals surface area contributed by atoms with E-state index in [-0.39, 0.29) is 0 Å². The van der Waals surface area contributed by atoms with Gasteiger partial charge in [0.25, 0.3) is 0 Å². The number of anilines is 1. The Balaban J connectivity index is 2.67. The minimum Gasteiger partial charge on any atom is -0.353 e. The highest BCUT2D eigenvalue weighted by Gasteiger charge is 2.15. The second kappa shape index (κ2) is 4.98. The van der Waals surface area contributed by atoms with Crippen LogP contribution < -0.4 is 5.32 Å². The predicted octanol–water partition coefficient (Wildman–Crippen LogP) is 4.74. The molecule has 0 spiro atoms. The summed E-state index contributed by atoms with van der Waals surface area (Å²) in [5, 5.41) is 4.44. The molecule has 0 saturated carbocycles. The smallest absolute Gasteiger partial charge is 0.204 e. The summed E-state index contributed by atoms with van der Waals surface area (Å²) < 4.78 is 2.14. The second-order valence-electron chi connectivity index (χ2n) is 4.95. The fourth-order valence-electron chi connectivity index (χ4n) is 1.97. The number of halogens is 2. The standard InChI is InChI=1S/C13H17Cl2N3/c1-7(2)16-13-17-11-5-9(14)10(15)6-12(11)18(13)8(3)4/h5-8H,1-4H3,(H,16,17). The van der Waals surface area contributed by atoms with Crippen molar-refractivity contribution in [2.45, 2.75) is 39.8 Å². The molecule has 0 radical (unpaired) electrons. The van der Waals surface area contributed by atoms with Crippen molar-refractivity contribution in [1.29, 1.82) is 0 Å². The highest BCUT2D eigenvalue weighted by atomic mass is 35.5. The van der Waals surface area contributed by atoms with Crippen LogP contribution >= 0.6 is 23.2 Å². The number of aromatic nitrogens is 2. The topological polar surface area (TPSA) is 29.9 Å². The number of hydrogen-bond acceptors (Lipinski definition) is 2. The van der Waals surface area contributed by atoms with Gasteiger partial charge in [0, 0.05) is 12.1 Å². The molecule has 3 nitrogen and oxygen atoms in total. The van der Waals surface area contributed by atoms with Crippen molar-refractivity contribution in [3.8, 4) is 0 Å². The van der Waals surface area contributed by atoms with Gasteiger partial charge in [0.1, 0.15) is 0 Å². The molecular weight excluding hydrogens is 269 g/mol. The van der Waals surface area contributed by atoms with Crippen LogP contribution in [0.5, 0.6) is 0 Å². The summed E-state index contributed by atoms with van der Waals surface area (Å²) in [6.45, 7) is 8.41. The largest absolute Gasteiger partial charge is 0.353 e. The molecule has 0 fully saturated rings. The van der Waals surface area contributed by atoms with Crippen LogP contribution in [0.25, 0.3) is 11.0 Å². The number of fused-ring (bicyclic) bond motifs is 1. The zero-order chi connectivity index (χ0) is 13.4. The van der Waals surface area contributed by atoms with Crippen molar-refractivity contribution in [2.75, 3.05) is 5.32 Å². The van der Waals surface area contributed by atoms with Gasteiger partial charge >= 0.3 is 0 Å². The van der Waals surface area contributed by atoms with Crippen molar-refractivity contribution in [2.24, 2.45) is 0 Å². The van der Waals surface area contributed by atoms with Crippen LogP contribution in [0.15, 0.2) is 12.1 Å². The molecule has 0 aliphatic heterocycles. The summed E-state index contributed by atoms with van der Waals surface area (Å²) in [4.78, 5) is 4.58. The first-order valence-electron chi connectivity index (χ1n) is 6.03. The van der Waals surface area contributed by atoms with Crippen molar-refractivity contribution in [1.82, 2.24) is 9.55 Å². The number of benzene rings is 1. The average Bonchev–Trinajstić information content (AvgIpc) is 2.55. The average molecular weight is 286 g/mol. The molecule has 2 rings (SSSR count).